The summed E-state index contributed by atoms with van der Waals surface area (Å²) in [5, 5.41) is 10.5. The van der Waals surface area contributed by atoms with Gasteiger partial charge in [0.05, 0.1) is 11.1 Å². The lowest BCUT2D eigenvalue weighted by atomic mass is 10.1. The Labute approximate surface area is 162 Å². The van der Waals surface area contributed by atoms with Crippen LogP contribution in [0.25, 0.3) is 33.7 Å². The van der Waals surface area contributed by atoms with Crippen LogP contribution in [0.1, 0.15) is 10.4 Å². The number of carbonyl (C=O) groups is 1. The monoisotopic (exact) mass is 427 g/mol. The van der Waals surface area contributed by atoms with Crippen molar-refractivity contribution in [1.29, 1.82) is 0 Å². The Morgan fingerprint density at radius 3 is 2.62 bits per heavy atom. The SMILES string of the molecule is O=C(O)c1cc(-c2ccc(-c3cccc(Br)c3)o2)nc2ccc(Cl)cc12. The highest BCUT2D eigenvalue weighted by Crippen LogP contribution is 2.31. The summed E-state index contributed by atoms with van der Waals surface area (Å²) in [6, 6.07) is 17.8. The molecule has 0 saturated heterocycles. The summed E-state index contributed by atoms with van der Waals surface area (Å²) >= 11 is 9.43. The largest absolute Gasteiger partial charge is 0.478 e. The number of fused-ring (bicyclic) bond motifs is 1. The Kier molecular flexibility index (Phi) is 4.26. The lowest BCUT2D eigenvalue weighted by Gasteiger charge is -2.06. The number of carboxylic acids is 1. The summed E-state index contributed by atoms with van der Waals surface area (Å²) in [4.78, 5) is 16.2. The number of carboxylic acid groups (broad SMARTS) is 1. The molecule has 0 saturated carbocycles. The van der Waals surface area contributed by atoms with E-state index in [0.29, 0.717) is 33.1 Å². The van der Waals surface area contributed by atoms with Crippen molar-refractivity contribution < 1.29 is 14.3 Å². The fourth-order valence-electron chi connectivity index (χ4n) is 2.77. The third-order valence-corrected chi connectivity index (χ3v) is 4.70. The van der Waals surface area contributed by atoms with E-state index in [4.69, 9.17) is 16.0 Å². The molecule has 0 bridgehead atoms. The van der Waals surface area contributed by atoms with Gasteiger partial charge in [-0.05, 0) is 48.5 Å². The molecule has 0 unspecified atom stereocenters. The van der Waals surface area contributed by atoms with Gasteiger partial charge < -0.3 is 9.52 Å². The minimum atomic E-state index is -1.04. The topological polar surface area (TPSA) is 63.3 Å². The normalized spacial score (nSPS) is 11.0. The third-order valence-electron chi connectivity index (χ3n) is 3.97. The molecule has 26 heavy (non-hydrogen) atoms. The standard InChI is InChI=1S/C20H11BrClNO3/c21-12-3-1-2-11(8-12)18-6-7-19(26-18)17-10-15(20(24)25)14-9-13(22)4-5-16(14)23-17/h1-10H,(H,24,25). The van der Waals surface area contributed by atoms with E-state index in [-0.39, 0.29) is 5.56 Å². The molecule has 0 aliphatic heterocycles. The summed E-state index contributed by atoms with van der Waals surface area (Å²) < 4.78 is 6.86. The van der Waals surface area contributed by atoms with Crippen LogP contribution in [-0.4, -0.2) is 16.1 Å². The summed E-state index contributed by atoms with van der Waals surface area (Å²) in [5.41, 5.74) is 2.05. The molecule has 0 fully saturated rings. The Hall–Kier alpha value is -2.63. The third kappa shape index (κ3) is 3.11. The number of pyridine rings is 1. The van der Waals surface area contributed by atoms with Crippen molar-refractivity contribution >= 4 is 44.4 Å². The van der Waals surface area contributed by atoms with Gasteiger partial charge in [0.15, 0.2) is 5.76 Å². The lowest BCUT2D eigenvalue weighted by molar-refractivity contribution is 0.0699. The Morgan fingerprint density at radius 2 is 1.85 bits per heavy atom. The molecule has 2 heterocycles. The van der Waals surface area contributed by atoms with E-state index < -0.39 is 5.97 Å². The second-order valence-corrected chi connectivity index (χ2v) is 7.05. The quantitative estimate of drug-likeness (QED) is 0.417. The number of furan rings is 1. The Morgan fingerprint density at radius 1 is 1.04 bits per heavy atom. The summed E-state index contributed by atoms with van der Waals surface area (Å²) in [7, 11) is 0. The number of hydrogen-bond donors (Lipinski definition) is 1. The number of hydrogen-bond acceptors (Lipinski definition) is 3. The van der Waals surface area contributed by atoms with Gasteiger partial charge in [0.2, 0.25) is 0 Å². The van der Waals surface area contributed by atoms with Gasteiger partial charge in [-0.2, -0.15) is 0 Å². The number of nitrogens with zero attached hydrogens (tertiary/aromatic N) is 1. The van der Waals surface area contributed by atoms with Crippen molar-refractivity contribution in [2.45, 2.75) is 0 Å². The van der Waals surface area contributed by atoms with Gasteiger partial charge in [0, 0.05) is 20.4 Å². The van der Waals surface area contributed by atoms with Gasteiger partial charge >= 0.3 is 5.97 Å². The van der Waals surface area contributed by atoms with Gasteiger partial charge in [-0.15, -0.1) is 0 Å². The highest BCUT2D eigenvalue weighted by molar-refractivity contribution is 9.10. The van der Waals surface area contributed by atoms with Crippen molar-refractivity contribution in [3.63, 3.8) is 0 Å². The number of aromatic nitrogens is 1. The zero-order chi connectivity index (χ0) is 18.3. The van der Waals surface area contributed by atoms with Gasteiger partial charge in [0.25, 0.3) is 0 Å². The second-order valence-electron chi connectivity index (χ2n) is 5.70. The molecule has 128 valence electrons. The minimum absolute atomic E-state index is 0.132. The smallest absolute Gasteiger partial charge is 0.336 e. The molecule has 4 aromatic rings. The van der Waals surface area contributed by atoms with Crippen LogP contribution in [0.15, 0.2) is 69.6 Å². The Bertz CT molecular complexity index is 1150. The van der Waals surface area contributed by atoms with E-state index in [1.54, 1.807) is 24.3 Å². The molecule has 0 spiro atoms. The first-order valence-electron chi connectivity index (χ1n) is 7.71. The van der Waals surface area contributed by atoms with Gasteiger partial charge in [-0.1, -0.05) is 39.7 Å². The van der Waals surface area contributed by atoms with Crippen LogP contribution in [0.5, 0.6) is 0 Å². The molecule has 4 nitrogen and oxygen atoms in total. The number of aromatic carboxylic acids is 1. The van der Waals surface area contributed by atoms with Crippen LogP contribution in [-0.2, 0) is 0 Å². The minimum Gasteiger partial charge on any atom is -0.478 e. The van der Waals surface area contributed by atoms with E-state index >= 15 is 0 Å². The predicted octanol–water partition coefficient (Wildman–Crippen LogP) is 6.28. The van der Waals surface area contributed by atoms with Crippen molar-refractivity contribution in [2.24, 2.45) is 0 Å². The molecular weight excluding hydrogens is 418 g/mol. The van der Waals surface area contributed by atoms with Crippen molar-refractivity contribution in [3.05, 3.63) is 75.7 Å². The molecule has 4 rings (SSSR count). The highest BCUT2D eigenvalue weighted by Gasteiger charge is 2.16. The summed E-state index contributed by atoms with van der Waals surface area (Å²) in [6.45, 7) is 0. The predicted molar refractivity (Wildman–Crippen MR) is 105 cm³/mol. The molecule has 2 aromatic heterocycles. The number of benzene rings is 2. The van der Waals surface area contributed by atoms with Gasteiger partial charge in [-0.25, -0.2) is 9.78 Å². The molecular formula is C20H11BrClNO3. The van der Waals surface area contributed by atoms with Crippen molar-refractivity contribution in [2.75, 3.05) is 0 Å². The molecule has 1 N–H and O–H groups in total. The van der Waals surface area contributed by atoms with E-state index in [1.165, 1.54) is 6.07 Å². The molecule has 0 amide bonds. The fourth-order valence-corrected chi connectivity index (χ4v) is 3.34. The van der Waals surface area contributed by atoms with Crippen LogP contribution in [0.2, 0.25) is 5.02 Å². The first-order valence-corrected chi connectivity index (χ1v) is 8.88. The molecule has 0 radical (unpaired) electrons. The maximum atomic E-state index is 11.7. The van der Waals surface area contributed by atoms with Gasteiger partial charge in [0.1, 0.15) is 11.5 Å². The van der Waals surface area contributed by atoms with Crippen LogP contribution >= 0.6 is 27.5 Å². The molecule has 0 aliphatic rings. The van der Waals surface area contributed by atoms with E-state index in [9.17, 15) is 9.90 Å². The average molecular weight is 429 g/mol. The van der Waals surface area contributed by atoms with Gasteiger partial charge in [-0.3, -0.25) is 0 Å². The second kappa shape index (κ2) is 6.59. The Balaban J connectivity index is 1.85. The van der Waals surface area contributed by atoms with E-state index in [0.717, 1.165) is 10.0 Å². The highest BCUT2D eigenvalue weighted by atomic mass is 79.9. The van der Waals surface area contributed by atoms with Crippen LogP contribution in [0.4, 0.5) is 0 Å². The summed E-state index contributed by atoms with van der Waals surface area (Å²) in [5.74, 6) is 0.134. The molecule has 2 aromatic carbocycles. The fraction of sp³-hybridized carbons (Fsp3) is 0. The summed E-state index contributed by atoms with van der Waals surface area (Å²) in [6.07, 6.45) is 0. The van der Waals surface area contributed by atoms with Crippen molar-refractivity contribution in [3.8, 4) is 22.8 Å². The van der Waals surface area contributed by atoms with Crippen molar-refractivity contribution in [1.82, 2.24) is 4.98 Å². The zero-order valence-electron chi connectivity index (χ0n) is 13.2. The number of halogens is 2. The first-order chi connectivity index (χ1) is 12.5. The van der Waals surface area contributed by atoms with E-state index in [1.807, 2.05) is 30.3 Å². The lowest BCUT2D eigenvalue weighted by Crippen LogP contribution is -2.00. The average Bonchev–Trinajstić information content (AvgIpc) is 3.11. The van der Waals surface area contributed by atoms with Crippen LogP contribution < -0.4 is 0 Å². The first kappa shape index (κ1) is 16.8. The zero-order valence-corrected chi connectivity index (χ0v) is 15.6. The molecule has 0 atom stereocenters. The maximum absolute atomic E-state index is 11.7. The maximum Gasteiger partial charge on any atom is 0.336 e. The van der Waals surface area contributed by atoms with Crippen LogP contribution in [0.3, 0.4) is 0 Å². The molecule has 6 heteroatoms. The van der Waals surface area contributed by atoms with Crippen LogP contribution in [0, 0.1) is 0 Å². The molecule has 0 aliphatic carbocycles. The van der Waals surface area contributed by atoms with E-state index in [2.05, 4.69) is 20.9 Å². The number of rotatable bonds is 3.